The number of aromatic nitrogens is 4. The number of carboxylic acids is 1. The van der Waals surface area contributed by atoms with Crippen molar-refractivity contribution in [3.05, 3.63) is 96.1 Å². The Kier molecular flexibility index (Phi) is 8.10. The highest BCUT2D eigenvalue weighted by Crippen LogP contribution is 2.32. The molecule has 0 radical (unpaired) electrons. The summed E-state index contributed by atoms with van der Waals surface area (Å²) >= 11 is 0. The van der Waals surface area contributed by atoms with Gasteiger partial charge in [0.05, 0.1) is 5.52 Å². The lowest BCUT2D eigenvalue weighted by atomic mass is 10.1. The van der Waals surface area contributed by atoms with Crippen molar-refractivity contribution in [1.29, 1.82) is 0 Å². The Morgan fingerprint density at radius 2 is 1.59 bits per heavy atom. The van der Waals surface area contributed by atoms with Crippen LogP contribution in [0.1, 0.15) is 33.5 Å². The number of fused-ring (bicyclic) bond motifs is 1. The molecule has 0 saturated carbocycles. The van der Waals surface area contributed by atoms with Gasteiger partial charge in [-0.15, -0.1) is 0 Å². The molecule has 0 aliphatic rings. The van der Waals surface area contributed by atoms with E-state index in [4.69, 9.17) is 9.90 Å². The summed E-state index contributed by atoms with van der Waals surface area (Å²) in [5.41, 5.74) is 1.05. The molecule has 37 heavy (non-hydrogen) atoms. The maximum atomic E-state index is 13.6. The SMILES string of the molecule is O=C(NC(c1cccnc1)C(F)(F)F)c1nc(Cc2cccnc2)n2ccccc12.O=C(O)C(F)(F)F. The van der Waals surface area contributed by atoms with E-state index in [1.54, 1.807) is 47.3 Å². The smallest absolute Gasteiger partial charge is 0.475 e. The van der Waals surface area contributed by atoms with E-state index in [-0.39, 0.29) is 11.3 Å². The van der Waals surface area contributed by atoms with Gasteiger partial charge in [-0.2, -0.15) is 26.3 Å². The maximum Gasteiger partial charge on any atom is 0.490 e. The van der Waals surface area contributed by atoms with Crippen molar-refractivity contribution < 1.29 is 41.0 Å². The Morgan fingerprint density at radius 1 is 0.946 bits per heavy atom. The number of carboxylic acid groups (broad SMARTS) is 1. The van der Waals surface area contributed by atoms with Crippen LogP contribution in [-0.4, -0.2) is 48.7 Å². The summed E-state index contributed by atoms with van der Waals surface area (Å²) in [6.45, 7) is 0. The molecule has 0 fully saturated rings. The third-order valence-corrected chi connectivity index (χ3v) is 4.78. The summed E-state index contributed by atoms with van der Waals surface area (Å²) in [6.07, 6.45) is -1.92. The Balaban J connectivity index is 0.000000479. The van der Waals surface area contributed by atoms with E-state index >= 15 is 0 Å². The van der Waals surface area contributed by atoms with E-state index in [2.05, 4.69) is 20.3 Å². The summed E-state index contributed by atoms with van der Waals surface area (Å²) in [5, 5.41) is 9.19. The third kappa shape index (κ3) is 7.02. The summed E-state index contributed by atoms with van der Waals surface area (Å²) in [6, 6.07) is 9.20. The predicted molar refractivity (Wildman–Crippen MR) is 116 cm³/mol. The van der Waals surface area contributed by atoms with Gasteiger partial charge in [-0.25, -0.2) is 9.78 Å². The zero-order valence-electron chi connectivity index (χ0n) is 18.5. The number of carbonyl (C=O) groups is 2. The topological polar surface area (TPSA) is 109 Å². The maximum absolute atomic E-state index is 13.6. The first kappa shape index (κ1) is 27.1. The van der Waals surface area contributed by atoms with Crippen LogP contribution >= 0.6 is 0 Å². The number of nitrogens with zero attached hydrogens (tertiary/aromatic N) is 4. The number of halogens is 6. The normalized spacial score (nSPS) is 12.4. The number of rotatable bonds is 5. The first-order chi connectivity index (χ1) is 17.4. The van der Waals surface area contributed by atoms with Gasteiger partial charge in [0.25, 0.3) is 5.91 Å². The van der Waals surface area contributed by atoms with E-state index in [1.165, 1.54) is 18.3 Å². The average Bonchev–Trinajstić information content (AvgIpc) is 3.21. The zero-order valence-corrected chi connectivity index (χ0v) is 18.5. The van der Waals surface area contributed by atoms with Gasteiger partial charge >= 0.3 is 18.3 Å². The fraction of sp³-hybridized carbons (Fsp3) is 0.174. The van der Waals surface area contributed by atoms with E-state index < -0.39 is 30.3 Å². The highest BCUT2D eigenvalue weighted by atomic mass is 19.4. The van der Waals surface area contributed by atoms with Gasteiger partial charge in [-0.1, -0.05) is 18.2 Å². The van der Waals surface area contributed by atoms with Crippen molar-refractivity contribution in [3.8, 4) is 0 Å². The van der Waals surface area contributed by atoms with E-state index in [0.717, 1.165) is 11.8 Å². The minimum Gasteiger partial charge on any atom is -0.475 e. The lowest BCUT2D eigenvalue weighted by Gasteiger charge is -2.21. The Labute approximate surface area is 204 Å². The second-order valence-electron chi connectivity index (χ2n) is 7.41. The van der Waals surface area contributed by atoms with E-state index in [1.807, 2.05) is 6.07 Å². The summed E-state index contributed by atoms with van der Waals surface area (Å²) in [4.78, 5) is 33.9. The quantitative estimate of drug-likeness (QED) is 0.375. The Morgan fingerprint density at radius 3 is 2.14 bits per heavy atom. The molecule has 8 nitrogen and oxygen atoms in total. The fourth-order valence-electron chi connectivity index (χ4n) is 3.18. The molecule has 2 N–H and O–H groups in total. The average molecular weight is 525 g/mol. The lowest BCUT2D eigenvalue weighted by Crippen LogP contribution is -2.38. The van der Waals surface area contributed by atoms with Crippen molar-refractivity contribution in [2.45, 2.75) is 24.8 Å². The number of aliphatic carboxylic acids is 1. The predicted octanol–water partition coefficient (Wildman–Crippen LogP) is 4.38. The van der Waals surface area contributed by atoms with Crippen LogP contribution in [0, 0.1) is 0 Å². The molecule has 0 bridgehead atoms. The van der Waals surface area contributed by atoms with E-state index in [0.29, 0.717) is 17.8 Å². The monoisotopic (exact) mass is 525 g/mol. The van der Waals surface area contributed by atoms with Crippen molar-refractivity contribution in [2.75, 3.05) is 0 Å². The van der Waals surface area contributed by atoms with Crippen LogP contribution in [0.4, 0.5) is 26.3 Å². The van der Waals surface area contributed by atoms with E-state index in [9.17, 15) is 31.1 Å². The van der Waals surface area contributed by atoms with Crippen molar-refractivity contribution in [1.82, 2.24) is 24.7 Å². The van der Waals surface area contributed by atoms with Gasteiger partial charge in [-0.3, -0.25) is 14.8 Å². The molecular formula is C23H17F6N5O3. The first-order valence-corrected chi connectivity index (χ1v) is 10.3. The highest BCUT2D eigenvalue weighted by Gasteiger charge is 2.42. The number of imidazole rings is 1. The van der Waals surface area contributed by atoms with Gasteiger partial charge in [0, 0.05) is 43.0 Å². The van der Waals surface area contributed by atoms with Crippen LogP contribution in [0.2, 0.25) is 0 Å². The number of alkyl halides is 6. The van der Waals surface area contributed by atoms with Gasteiger partial charge < -0.3 is 14.8 Å². The molecule has 4 heterocycles. The summed E-state index contributed by atoms with van der Waals surface area (Å²) < 4.78 is 74.3. The van der Waals surface area contributed by atoms with Gasteiger partial charge in [0.2, 0.25) is 0 Å². The highest BCUT2D eigenvalue weighted by molar-refractivity contribution is 5.99. The Bertz CT molecular complexity index is 1360. The summed E-state index contributed by atoms with van der Waals surface area (Å²) in [7, 11) is 0. The number of hydrogen-bond donors (Lipinski definition) is 2. The molecule has 0 aromatic carbocycles. The number of nitrogens with one attached hydrogen (secondary N) is 1. The molecular weight excluding hydrogens is 508 g/mol. The molecule has 0 saturated heterocycles. The van der Waals surface area contributed by atoms with Crippen LogP contribution in [0.3, 0.4) is 0 Å². The molecule has 4 rings (SSSR count). The number of pyridine rings is 3. The molecule has 194 valence electrons. The van der Waals surface area contributed by atoms with Crippen molar-refractivity contribution in [2.24, 2.45) is 0 Å². The Hall–Kier alpha value is -4.49. The standard InChI is InChI=1S/C21H16F3N5O.C2HF3O2/c22-21(23,24)19(15-6-4-9-26-13-15)28-20(30)18-16-7-1-2-10-29(16)17(27-18)11-14-5-3-8-25-12-14;3-2(4,5)1(6)7/h1-10,12-13,19H,11H2,(H,28,30);(H,6,7). The zero-order chi connectivity index (χ0) is 27.2. The number of hydrogen-bond acceptors (Lipinski definition) is 5. The molecule has 4 aromatic rings. The first-order valence-electron chi connectivity index (χ1n) is 10.3. The minimum absolute atomic E-state index is 0.0763. The molecule has 0 aliphatic carbocycles. The largest absolute Gasteiger partial charge is 0.490 e. The van der Waals surface area contributed by atoms with Crippen LogP contribution in [0.5, 0.6) is 0 Å². The number of carbonyl (C=O) groups excluding carboxylic acids is 1. The van der Waals surface area contributed by atoms with Crippen molar-refractivity contribution in [3.63, 3.8) is 0 Å². The lowest BCUT2D eigenvalue weighted by molar-refractivity contribution is -0.192. The molecule has 1 amide bonds. The summed E-state index contributed by atoms with van der Waals surface area (Å²) in [5.74, 6) is -3.15. The van der Waals surface area contributed by atoms with Crippen LogP contribution < -0.4 is 5.32 Å². The third-order valence-electron chi connectivity index (χ3n) is 4.78. The molecule has 0 aliphatic heterocycles. The van der Waals surface area contributed by atoms with Gasteiger partial charge in [0.1, 0.15) is 5.82 Å². The fourth-order valence-corrected chi connectivity index (χ4v) is 3.18. The van der Waals surface area contributed by atoms with Gasteiger partial charge in [-0.05, 0) is 29.8 Å². The second-order valence-corrected chi connectivity index (χ2v) is 7.41. The molecule has 0 spiro atoms. The van der Waals surface area contributed by atoms with Crippen LogP contribution in [0.25, 0.3) is 5.52 Å². The van der Waals surface area contributed by atoms with Gasteiger partial charge in [0.15, 0.2) is 11.7 Å². The van der Waals surface area contributed by atoms with Crippen LogP contribution in [-0.2, 0) is 11.2 Å². The molecule has 14 heteroatoms. The number of amides is 1. The molecule has 4 aromatic heterocycles. The van der Waals surface area contributed by atoms with Crippen LogP contribution in [0.15, 0.2) is 73.4 Å². The molecule has 1 atom stereocenters. The minimum atomic E-state index is -5.08. The van der Waals surface area contributed by atoms with Crippen molar-refractivity contribution >= 4 is 17.4 Å². The second kappa shape index (κ2) is 11.1. The molecule has 1 unspecified atom stereocenters.